The van der Waals surface area contributed by atoms with E-state index in [2.05, 4.69) is 24.8 Å². The molecule has 0 aromatic rings. The molecule has 6 unspecified atom stereocenters. The largest absolute Gasteiger partial charge is 0.229 e. The topological polar surface area (TPSA) is 34.1 Å². The standard InChI is InChI=1S/C6H16O2P4S/c1-5-4-13(7,8)3-2-6(5)12(10)11-9/h5-6,11H,2-4,9-10H2,1H3. The van der Waals surface area contributed by atoms with Crippen LogP contribution in [0.15, 0.2) is 0 Å². The molecule has 1 rings (SSSR count). The van der Waals surface area contributed by atoms with Crippen molar-refractivity contribution < 1.29 is 8.42 Å². The third-order valence-electron chi connectivity index (χ3n) is 2.40. The maximum Gasteiger partial charge on any atom is 0.150 e. The average Bonchev–Trinajstić information content (AvgIpc) is 2.01. The zero-order chi connectivity index (χ0) is 10.1. The van der Waals surface area contributed by atoms with Gasteiger partial charge < -0.3 is 0 Å². The van der Waals surface area contributed by atoms with Crippen molar-refractivity contribution in [2.45, 2.75) is 19.0 Å². The molecule has 0 aromatic carbocycles. The van der Waals surface area contributed by atoms with Crippen molar-refractivity contribution in [3.05, 3.63) is 0 Å². The molecule has 0 aromatic heterocycles. The van der Waals surface area contributed by atoms with Crippen LogP contribution in [-0.2, 0) is 9.84 Å². The molecule has 0 N–H and O–H groups in total. The summed E-state index contributed by atoms with van der Waals surface area (Å²) in [5.41, 5.74) is 0.638. The van der Waals surface area contributed by atoms with E-state index in [1.165, 1.54) is 0 Å². The van der Waals surface area contributed by atoms with Crippen LogP contribution in [0.25, 0.3) is 0 Å². The Balaban J connectivity index is 2.64. The molecule has 0 radical (unpaired) electrons. The highest BCUT2D eigenvalue weighted by atomic mass is 32.6. The molecule has 2 nitrogen and oxygen atoms in total. The van der Waals surface area contributed by atoms with Gasteiger partial charge in [-0.25, -0.2) is 8.42 Å². The highest BCUT2D eigenvalue weighted by Gasteiger charge is 2.32. The monoisotopic (exact) mass is 276 g/mol. The second-order valence-corrected chi connectivity index (χ2v) is 15.3. The van der Waals surface area contributed by atoms with Crippen LogP contribution >= 0.6 is 33.1 Å². The zero-order valence-electron chi connectivity index (χ0n) is 7.60. The second kappa shape index (κ2) is 5.14. The number of hydrogen-bond acceptors (Lipinski definition) is 2. The van der Waals surface area contributed by atoms with E-state index in [0.717, 1.165) is 14.4 Å². The minimum Gasteiger partial charge on any atom is -0.229 e. The summed E-state index contributed by atoms with van der Waals surface area (Å²) in [6, 6.07) is 0. The van der Waals surface area contributed by atoms with E-state index in [0.29, 0.717) is 23.1 Å². The molecule has 1 saturated heterocycles. The van der Waals surface area contributed by atoms with Gasteiger partial charge in [-0.15, -0.1) is 17.9 Å². The van der Waals surface area contributed by atoms with Gasteiger partial charge in [0.15, 0.2) is 9.84 Å². The van der Waals surface area contributed by atoms with Gasteiger partial charge in [0.25, 0.3) is 0 Å². The normalized spacial score (nSPS) is 36.5. The minimum atomic E-state index is -2.71. The molecular formula is C6H16O2P4S. The molecule has 1 heterocycles. The molecular weight excluding hydrogens is 260 g/mol. The highest BCUT2D eigenvalue weighted by molar-refractivity contribution is 8.61. The smallest absolute Gasteiger partial charge is 0.150 e. The first-order chi connectivity index (χ1) is 5.96. The molecule has 0 saturated carbocycles. The Bertz CT molecular complexity index is 266. The van der Waals surface area contributed by atoms with Crippen LogP contribution in [0.3, 0.4) is 0 Å². The van der Waals surface area contributed by atoms with Crippen molar-refractivity contribution in [2.75, 3.05) is 11.5 Å². The summed E-state index contributed by atoms with van der Waals surface area (Å²) in [5, 5.41) is 0. The fourth-order valence-electron chi connectivity index (χ4n) is 1.69. The molecule has 78 valence electrons. The Hall–Kier alpha value is 1.67. The lowest BCUT2D eigenvalue weighted by molar-refractivity contribution is 0.524. The van der Waals surface area contributed by atoms with Crippen LogP contribution in [-0.4, -0.2) is 25.6 Å². The van der Waals surface area contributed by atoms with Crippen molar-refractivity contribution in [1.29, 1.82) is 0 Å². The summed E-state index contributed by atoms with van der Waals surface area (Å²) in [5.74, 6) is 1.17. The van der Waals surface area contributed by atoms with E-state index in [9.17, 15) is 8.42 Å². The third-order valence-corrected chi connectivity index (χ3v) is 15.8. The first kappa shape index (κ1) is 12.7. The molecule has 7 heteroatoms. The Morgan fingerprint density at radius 1 is 1.54 bits per heavy atom. The lowest BCUT2D eigenvalue weighted by Gasteiger charge is -2.32. The van der Waals surface area contributed by atoms with Gasteiger partial charge in [0.1, 0.15) is 0 Å². The summed E-state index contributed by atoms with van der Waals surface area (Å²) < 4.78 is 22.6. The van der Waals surface area contributed by atoms with Gasteiger partial charge in [-0.2, -0.15) is 0 Å². The molecule has 1 fully saturated rings. The van der Waals surface area contributed by atoms with Gasteiger partial charge in [0.05, 0.1) is 11.5 Å². The van der Waals surface area contributed by atoms with E-state index in [-0.39, 0.29) is 7.30 Å². The van der Waals surface area contributed by atoms with E-state index >= 15 is 0 Å². The van der Waals surface area contributed by atoms with Gasteiger partial charge in [0.2, 0.25) is 0 Å². The number of hydrogen-bond donors (Lipinski definition) is 0. The predicted octanol–water partition coefficient (Wildman–Crippen LogP) is 2.47. The highest BCUT2D eigenvalue weighted by Crippen LogP contribution is 2.71. The quantitative estimate of drug-likeness (QED) is 0.726. The van der Waals surface area contributed by atoms with Crippen molar-refractivity contribution in [2.24, 2.45) is 5.92 Å². The van der Waals surface area contributed by atoms with E-state index in [4.69, 9.17) is 0 Å². The van der Waals surface area contributed by atoms with Gasteiger partial charge in [0, 0.05) is 0 Å². The molecule has 0 amide bonds. The summed E-state index contributed by atoms with van der Waals surface area (Å²) in [7, 11) is 3.83. The van der Waals surface area contributed by atoms with E-state index in [1.807, 2.05) is 0 Å². The lowest BCUT2D eigenvalue weighted by atomic mass is 10.1. The van der Waals surface area contributed by atoms with Crippen LogP contribution < -0.4 is 0 Å². The molecule has 1 aliphatic rings. The van der Waals surface area contributed by atoms with Crippen molar-refractivity contribution in [3.63, 3.8) is 0 Å². The summed E-state index contributed by atoms with van der Waals surface area (Å²) in [6.45, 7) is 2.07. The first-order valence-electron chi connectivity index (χ1n) is 4.17. The van der Waals surface area contributed by atoms with Gasteiger partial charge in [-0.1, -0.05) is 22.2 Å². The lowest BCUT2D eigenvalue weighted by Crippen LogP contribution is -2.32. The summed E-state index contributed by atoms with van der Waals surface area (Å²) in [6.07, 6.45) is 0.875. The maximum absolute atomic E-state index is 11.3. The second-order valence-electron chi connectivity index (χ2n) is 3.48. The third kappa shape index (κ3) is 3.62. The Morgan fingerprint density at radius 3 is 2.62 bits per heavy atom. The zero-order valence-corrected chi connectivity index (χ0v) is 12.6. The minimum absolute atomic E-state index is 0.0343. The fourth-order valence-corrected chi connectivity index (χ4v) is 9.85. The molecule has 1 aliphatic heterocycles. The maximum atomic E-state index is 11.3. The van der Waals surface area contributed by atoms with Crippen LogP contribution in [0, 0.1) is 5.92 Å². The molecule has 0 bridgehead atoms. The van der Waals surface area contributed by atoms with E-state index < -0.39 is 9.84 Å². The first-order valence-corrected chi connectivity index (χ1v) is 12.7. The molecule has 0 aliphatic carbocycles. The number of sulfone groups is 1. The van der Waals surface area contributed by atoms with Crippen LogP contribution in [0.2, 0.25) is 0 Å². The number of rotatable bonds is 2. The molecule has 6 atom stereocenters. The molecule has 0 spiro atoms. The van der Waals surface area contributed by atoms with Crippen LogP contribution in [0.5, 0.6) is 0 Å². The predicted molar refractivity (Wildman–Crippen MR) is 70.9 cm³/mol. The Kier molecular flexibility index (Phi) is 5.03. The van der Waals surface area contributed by atoms with Crippen LogP contribution in [0.1, 0.15) is 13.3 Å². The fraction of sp³-hybridized carbons (Fsp3) is 1.00. The Labute approximate surface area is 87.9 Å². The van der Waals surface area contributed by atoms with Gasteiger partial charge in [-0.3, -0.25) is 0 Å². The average molecular weight is 276 g/mol. The van der Waals surface area contributed by atoms with Gasteiger partial charge >= 0.3 is 0 Å². The molecule has 13 heavy (non-hydrogen) atoms. The SMILES string of the molecule is CC1CS(=O)(=O)CCC1P(P)PP. The van der Waals surface area contributed by atoms with Crippen LogP contribution in [0.4, 0.5) is 0 Å². The van der Waals surface area contributed by atoms with Gasteiger partial charge in [-0.05, 0) is 18.0 Å². The van der Waals surface area contributed by atoms with E-state index in [1.54, 1.807) is 0 Å². The van der Waals surface area contributed by atoms with Crippen molar-refractivity contribution >= 4 is 43.0 Å². The van der Waals surface area contributed by atoms with Crippen molar-refractivity contribution in [1.82, 2.24) is 0 Å². The Morgan fingerprint density at radius 2 is 2.15 bits per heavy atom. The summed E-state index contributed by atoms with van der Waals surface area (Å²) in [4.78, 5) is 0. The summed E-state index contributed by atoms with van der Waals surface area (Å²) >= 11 is 0. The van der Waals surface area contributed by atoms with Crippen molar-refractivity contribution in [3.8, 4) is 0 Å².